The van der Waals surface area contributed by atoms with Gasteiger partial charge in [0, 0.05) is 43.9 Å². The van der Waals surface area contributed by atoms with Crippen molar-refractivity contribution in [1.29, 1.82) is 0 Å². The topological polar surface area (TPSA) is 94.0 Å². The number of methoxy groups -OCH3 is 2. The summed E-state index contributed by atoms with van der Waals surface area (Å²) in [6, 6.07) is 5.70. The monoisotopic (exact) mass is 448 g/mol. The second-order valence-corrected chi connectivity index (χ2v) is 9.81. The van der Waals surface area contributed by atoms with Crippen LogP contribution in [0.2, 0.25) is 0 Å². The molecule has 10 heteroatoms. The van der Waals surface area contributed by atoms with E-state index in [0.717, 1.165) is 36.3 Å². The number of hydrogen-bond acceptors (Lipinski definition) is 6. The highest BCUT2D eigenvalue weighted by molar-refractivity contribution is 7.89. The third-order valence-corrected chi connectivity index (χ3v) is 7.80. The molecule has 0 bridgehead atoms. The van der Waals surface area contributed by atoms with Crippen LogP contribution < -0.4 is 9.47 Å². The number of likely N-dealkylation sites (tertiary alicyclic amines) is 1. The molecule has 0 spiro atoms. The van der Waals surface area contributed by atoms with Crippen LogP contribution in [-0.2, 0) is 21.4 Å². The van der Waals surface area contributed by atoms with Gasteiger partial charge in [0.2, 0.25) is 5.91 Å². The Morgan fingerprint density at radius 3 is 2.65 bits per heavy atom. The van der Waals surface area contributed by atoms with Crippen molar-refractivity contribution < 1.29 is 22.7 Å². The molecule has 0 saturated carbocycles. The maximum atomic E-state index is 12.8. The van der Waals surface area contributed by atoms with Gasteiger partial charge in [-0.05, 0) is 37.5 Å². The molecular formula is C21H28N4O5S. The molecule has 0 radical (unpaired) electrons. The first kappa shape index (κ1) is 21.6. The van der Waals surface area contributed by atoms with Gasteiger partial charge in [0.05, 0.1) is 20.5 Å². The lowest BCUT2D eigenvalue weighted by Gasteiger charge is -2.18. The molecule has 4 rings (SSSR count). The fourth-order valence-corrected chi connectivity index (χ4v) is 5.73. The second kappa shape index (κ2) is 8.88. The van der Waals surface area contributed by atoms with Crippen molar-refractivity contribution in [2.45, 2.75) is 36.8 Å². The normalized spacial score (nSPS) is 19.7. The van der Waals surface area contributed by atoms with Crippen molar-refractivity contribution >= 4 is 15.9 Å². The Labute approximate surface area is 182 Å². The summed E-state index contributed by atoms with van der Waals surface area (Å²) in [7, 11) is -0.322. The molecular weight excluding hydrogens is 420 g/mol. The molecule has 31 heavy (non-hydrogen) atoms. The number of aromatic nitrogens is 2. The highest BCUT2D eigenvalue weighted by atomic mass is 32.2. The van der Waals surface area contributed by atoms with Crippen molar-refractivity contribution in [3.8, 4) is 11.5 Å². The van der Waals surface area contributed by atoms with E-state index in [9.17, 15) is 13.2 Å². The van der Waals surface area contributed by atoms with E-state index in [2.05, 4.69) is 4.98 Å². The molecule has 1 aromatic heterocycles. The molecule has 2 saturated heterocycles. The standard InChI is InChI=1S/C21H28N4O5S/c1-29-17-5-6-19(30-2)18(11-17)16-7-10-24(12-16)21(26)14-23-13-20(22-15-23)31(27,28)25-8-3-4-9-25/h5-6,11,13,15-16H,3-4,7-10,12,14H2,1-2H3/t16-/m1/s1. The summed E-state index contributed by atoms with van der Waals surface area (Å²) in [5, 5.41) is 0.00242. The van der Waals surface area contributed by atoms with Gasteiger partial charge in [-0.15, -0.1) is 0 Å². The molecule has 9 nitrogen and oxygen atoms in total. The number of carbonyl (C=O) groups is 1. The molecule has 2 fully saturated rings. The van der Waals surface area contributed by atoms with Gasteiger partial charge in [0.1, 0.15) is 18.0 Å². The Kier molecular flexibility index (Phi) is 6.19. The van der Waals surface area contributed by atoms with Crippen LogP contribution in [0.5, 0.6) is 11.5 Å². The van der Waals surface area contributed by atoms with Crippen LogP contribution >= 0.6 is 0 Å². The maximum Gasteiger partial charge on any atom is 0.262 e. The first-order chi connectivity index (χ1) is 14.9. The molecule has 1 amide bonds. The summed E-state index contributed by atoms with van der Waals surface area (Å²) < 4.78 is 39.1. The van der Waals surface area contributed by atoms with Gasteiger partial charge in [-0.2, -0.15) is 4.31 Å². The molecule has 1 atom stereocenters. The third kappa shape index (κ3) is 4.40. The van der Waals surface area contributed by atoms with Gasteiger partial charge in [-0.25, -0.2) is 13.4 Å². The quantitative estimate of drug-likeness (QED) is 0.640. The molecule has 2 aliphatic heterocycles. The van der Waals surface area contributed by atoms with E-state index in [0.29, 0.717) is 26.2 Å². The molecule has 3 heterocycles. The summed E-state index contributed by atoms with van der Waals surface area (Å²) in [6.45, 7) is 2.33. The van der Waals surface area contributed by atoms with E-state index in [-0.39, 0.29) is 23.4 Å². The lowest BCUT2D eigenvalue weighted by atomic mass is 9.97. The van der Waals surface area contributed by atoms with E-state index >= 15 is 0 Å². The molecule has 0 aliphatic carbocycles. The van der Waals surface area contributed by atoms with Crippen LogP contribution in [0.1, 0.15) is 30.7 Å². The Morgan fingerprint density at radius 2 is 1.94 bits per heavy atom. The number of amides is 1. The zero-order valence-corrected chi connectivity index (χ0v) is 18.7. The summed E-state index contributed by atoms with van der Waals surface area (Å²) in [5.74, 6) is 1.63. The summed E-state index contributed by atoms with van der Waals surface area (Å²) >= 11 is 0. The van der Waals surface area contributed by atoms with Crippen molar-refractivity contribution in [2.24, 2.45) is 0 Å². The van der Waals surface area contributed by atoms with Gasteiger partial charge < -0.3 is 18.9 Å². The number of hydrogen-bond donors (Lipinski definition) is 0. The molecule has 0 unspecified atom stereocenters. The minimum Gasteiger partial charge on any atom is -0.497 e. The van der Waals surface area contributed by atoms with E-state index in [1.54, 1.807) is 23.7 Å². The van der Waals surface area contributed by atoms with Crippen LogP contribution in [0.4, 0.5) is 0 Å². The van der Waals surface area contributed by atoms with Gasteiger partial charge in [0.25, 0.3) is 10.0 Å². The summed E-state index contributed by atoms with van der Waals surface area (Å²) in [5.41, 5.74) is 1.03. The first-order valence-electron chi connectivity index (χ1n) is 10.4. The van der Waals surface area contributed by atoms with Gasteiger partial charge >= 0.3 is 0 Å². The lowest BCUT2D eigenvalue weighted by molar-refractivity contribution is -0.130. The van der Waals surface area contributed by atoms with Crippen molar-refractivity contribution in [3.63, 3.8) is 0 Å². The lowest BCUT2D eigenvalue weighted by Crippen LogP contribution is -2.31. The van der Waals surface area contributed by atoms with Gasteiger partial charge in [-0.1, -0.05) is 0 Å². The molecule has 168 valence electrons. The zero-order valence-electron chi connectivity index (χ0n) is 17.9. The molecule has 1 aromatic carbocycles. The first-order valence-corrected chi connectivity index (χ1v) is 11.9. The number of sulfonamides is 1. The van der Waals surface area contributed by atoms with Crippen LogP contribution in [-0.4, -0.2) is 73.5 Å². The van der Waals surface area contributed by atoms with Crippen molar-refractivity contribution in [2.75, 3.05) is 40.4 Å². The number of ether oxygens (including phenoxy) is 2. The van der Waals surface area contributed by atoms with Crippen LogP contribution in [0.25, 0.3) is 0 Å². The predicted octanol–water partition coefficient (Wildman–Crippen LogP) is 1.70. The zero-order chi connectivity index (χ0) is 22.0. The Bertz CT molecular complexity index is 1050. The number of nitrogens with zero attached hydrogens (tertiary/aromatic N) is 4. The second-order valence-electron chi connectivity index (χ2n) is 7.93. The Balaban J connectivity index is 1.41. The average Bonchev–Trinajstić information content (AvgIpc) is 3.55. The molecule has 2 aromatic rings. The van der Waals surface area contributed by atoms with Crippen LogP contribution in [0.15, 0.2) is 35.7 Å². The van der Waals surface area contributed by atoms with Crippen LogP contribution in [0, 0.1) is 0 Å². The smallest absolute Gasteiger partial charge is 0.262 e. The van der Waals surface area contributed by atoms with Gasteiger partial charge in [-0.3, -0.25) is 4.79 Å². The minimum absolute atomic E-state index is 0.00242. The SMILES string of the molecule is COc1ccc(OC)c([C@@H]2CCN(C(=O)Cn3cnc(S(=O)(=O)N4CCCC4)c3)C2)c1. The number of imidazole rings is 1. The van der Waals surface area contributed by atoms with Crippen molar-refractivity contribution in [3.05, 3.63) is 36.3 Å². The average molecular weight is 449 g/mol. The maximum absolute atomic E-state index is 12.8. The fraction of sp³-hybridized carbons (Fsp3) is 0.524. The highest BCUT2D eigenvalue weighted by Crippen LogP contribution is 2.36. The van der Waals surface area contributed by atoms with E-state index in [4.69, 9.17) is 9.47 Å². The fourth-order valence-electron chi connectivity index (χ4n) is 4.28. The number of carbonyl (C=O) groups excluding carboxylic acids is 1. The van der Waals surface area contributed by atoms with Crippen molar-refractivity contribution in [1.82, 2.24) is 18.8 Å². The predicted molar refractivity (Wildman–Crippen MR) is 114 cm³/mol. The third-order valence-electron chi connectivity index (χ3n) is 6.01. The Morgan fingerprint density at radius 1 is 1.16 bits per heavy atom. The minimum atomic E-state index is -3.58. The number of benzene rings is 1. The molecule has 2 aliphatic rings. The summed E-state index contributed by atoms with van der Waals surface area (Å²) in [4.78, 5) is 18.7. The summed E-state index contributed by atoms with van der Waals surface area (Å²) in [6.07, 6.45) is 5.43. The van der Waals surface area contributed by atoms with E-state index < -0.39 is 10.0 Å². The van der Waals surface area contributed by atoms with Gasteiger partial charge in [0.15, 0.2) is 5.03 Å². The van der Waals surface area contributed by atoms with E-state index in [1.807, 2.05) is 18.2 Å². The molecule has 0 N–H and O–H groups in total. The number of rotatable bonds is 7. The highest BCUT2D eigenvalue weighted by Gasteiger charge is 2.31. The largest absolute Gasteiger partial charge is 0.497 e. The van der Waals surface area contributed by atoms with E-state index in [1.165, 1.54) is 16.8 Å². The van der Waals surface area contributed by atoms with Crippen LogP contribution in [0.3, 0.4) is 0 Å². The Hall–Kier alpha value is -2.59.